The number of hydrogen-bond acceptors (Lipinski definition) is 7. The minimum atomic E-state index is -4.20. The Morgan fingerprint density at radius 3 is 2.45 bits per heavy atom. The Kier molecular flexibility index (Phi) is 5.55. The fourth-order valence-electron chi connectivity index (χ4n) is 3.21. The van der Waals surface area contributed by atoms with Gasteiger partial charge in [0.2, 0.25) is 0 Å². The summed E-state index contributed by atoms with van der Waals surface area (Å²) in [5.41, 5.74) is 1.65. The summed E-state index contributed by atoms with van der Waals surface area (Å²) in [6.07, 6.45) is 0. The minimum absolute atomic E-state index is 0.000770. The Balaban J connectivity index is 1.81. The molecule has 0 saturated heterocycles. The van der Waals surface area contributed by atoms with Gasteiger partial charge in [0.25, 0.3) is 10.0 Å². The van der Waals surface area contributed by atoms with Gasteiger partial charge in [0.15, 0.2) is 17.3 Å². The number of rotatable bonds is 4. The number of amidine groups is 1. The predicted octanol–water partition coefficient (Wildman–Crippen LogP) is 2.92. The molecule has 0 spiro atoms. The van der Waals surface area contributed by atoms with Crippen LogP contribution in [-0.2, 0) is 19.6 Å². The molecule has 9 nitrogen and oxygen atoms in total. The van der Waals surface area contributed by atoms with Crippen LogP contribution in [-0.4, -0.2) is 40.0 Å². The molecule has 2 aliphatic rings. The number of nitrogens with zero attached hydrogens (tertiary/aromatic N) is 1. The first kappa shape index (κ1) is 20.7. The maximum absolute atomic E-state index is 13.1. The lowest BCUT2D eigenvalue weighted by Gasteiger charge is -2.18. The van der Waals surface area contributed by atoms with E-state index in [4.69, 9.17) is 14.2 Å². The third-order valence-electron chi connectivity index (χ3n) is 4.62. The van der Waals surface area contributed by atoms with Crippen LogP contribution in [0.5, 0.6) is 11.5 Å². The first-order chi connectivity index (χ1) is 14.9. The average Bonchev–Trinajstić information content (AvgIpc) is 2.88. The van der Waals surface area contributed by atoms with Gasteiger partial charge >= 0.3 is 5.97 Å². The van der Waals surface area contributed by atoms with E-state index in [9.17, 15) is 13.2 Å². The standard InChI is InChI=1S/C21H21N3O6S/c1-3-28-21(25)19-13(2)22-15-6-4-5-7-16(15)23-20(19)24-31(26,27)14-8-9-17-18(12-14)30-11-10-29-17/h4-9,12,22H,3,10-11H2,1-2H3,(H,23,24). The van der Waals surface area contributed by atoms with Gasteiger partial charge in [-0.3, -0.25) is 0 Å². The zero-order valence-corrected chi connectivity index (χ0v) is 17.8. The molecule has 162 valence electrons. The highest BCUT2D eigenvalue weighted by molar-refractivity contribution is 7.90. The molecule has 0 bridgehead atoms. The summed E-state index contributed by atoms with van der Waals surface area (Å²) in [6.45, 7) is 4.17. The number of carbonyl (C=O) groups is 1. The first-order valence-corrected chi connectivity index (χ1v) is 11.1. The van der Waals surface area contributed by atoms with Crippen molar-refractivity contribution in [3.8, 4) is 11.5 Å². The Bertz CT molecular complexity index is 1200. The van der Waals surface area contributed by atoms with E-state index in [1.54, 1.807) is 32.0 Å². The topological polar surface area (TPSA) is 115 Å². The van der Waals surface area contributed by atoms with Gasteiger partial charge in [0.05, 0.1) is 22.9 Å². The summed E-state index contributed by atoms with van der Waals surface area (Å²) in [5, 5.41) is 6.07. The van der Waals surface area contributed by atoms with Crippen molar-refractivity contribution in [2.24, 2.45) is 4.40 Å². The van der Waals surface area contributed by atoms with Crippen LogP contribution in [0.3, 0.4) is 0 Å². The van der Waals surface area contributed by atoms with Crippen LogP contribution in [0.2, 0.25) is 0 Å². The fourth-order valence-corrected chi connectivity index (χ4v) is 4.19. The van der Waals surface area contributed by atoms with Crippen LogP contribution < -0.4 is 20.1 Å². The molecule has 0 amide bonds. The molecule has 0 atom stereocenters. The maximum atomic E-state index is 13.1. The molecule has 0 aromatic heterocycles. The summed E-state index contributed by atoms with van der Waals surface area (Å²) in [7, 11) is -4.20. The monoisotopic (exact) mass is 443 g/mol. The molecule has 31 heavy (non-hydrogen) atoms. The summed E-state index contributed by atoms with van der Waals surface area (Å²) in [6, 6.07) is 11.4. The molecule has 0 saturated carbocycles. The zero-order valence-electron chi connectivity index (χ0n) is 17.0. The highest BCUT2D eigenvalue weighted by atomic mass is 32.2. The molecule has 10 heteroatoms. The minimum Gasteiger partial charge on any atom is -0.486 e. The van der Waals surface area contributed by atoms with Gasteiger partial charge in [-0.05, 0) is 38.1 Å². The van der Waals surface area contributed by atoms with Crippen molar-refractivity contribution in [3.63, 3.8) is 0 Å². The van der Waals surface area contributed by atoms with Crippen LogP contribution in [0.15, 0.2) is 63.0 Å². The van der Waals surface area contributed by atoms with E-state index in [0.717, 1.165) is 0 Å². The van der Waals surface area contributed by atoms with E-state index >= 15 is 0 Å². The average molecular weight is 443 g/mol. The van der Waals surface area contributed by atoms with E-state index in [0.29, 0.717) is 41.8 Å². The number of allylic oxidation sites excluding steroid dienone is 1. The molecule has 2 aromatic carbocycles. The summed E-state index contributed by atoms with van der Waals surface area (Å²) in [4.78, 5) is 12.6. The zero-order chi connectivity index (χ0) is 22.0. The molecular formula is C21H21N3O6S. The van der Waals surface area contributed by atoms with Gasteiger partial charge < -0.3 is 24.8 Å². The normalized spacial score (nSPS) is 16.6. The number of ether oxygens (including phenoxy) is 3. The summed E-state index contributed by atoms with van der Waals surface area (Å²) < 4.78 is 46.3. The van der Waals surface area contributed by atoms with E-state index in [1.165, 1.54) is 18.2 Å². The van der Waals surface area contributed by atoms with Crippen LogP contribution in [0.1, 0.15) is 13.8 Å². The lowest BCUT2D eigenvalue weighted by molar-refractivity contribution is -0.137. The Morgan fingerprint density at radius 2 is 1.74 bits per heavy atom. The fraction of sp³-hybridized carbons (Fsp3) is 0.238. The second-order valence-electron chi connectivity index (χ2n) is 6.74. The lowest BCUT2D eigenvalue weighted by Crippen LogP contribution is -2.25. The highest BCUT2D eigenvalue weighted by Crippen LogP contribution is 2.33. The van der Waals surface area contributed by atoms with Crippen molar-refractivity contribution in [1.82, 2.24) is 0 Å². The number of nitrogens with one attached hydrogen (secondary N) is 2. The van der Waals surface area contributed by atoms with Crippen molar-refractivity contribution in [1.29, 1.82) is 0 Å². The van der Waals surface area contributed by atoms with Crippen molar-refractivity contribution in [2.45, 2.75) is 18.7 Å². The van der Waals surface area contributed by atoms with Crippen LogP contribution in [0.4, 0.5) is 11.4 Å². The van der Waals surface area contributed by atoms with E-state index in [2.05, 4.69) is 15.0 Å². The number of esters is 1. The van der Waals surface area contributed by atoms with Crippen LogP contribution in [0, 0.1) is 0 Å². The molecule has 0 radical (unpaired) electrons. The highest BCUT2D eigenvalue weighted by Gasteiger charge is 2.28. The van der Waals surface area contributed by atoms with Crippen molar-refractivity contribution >= 4 is 33.2 Å². The van der Waals surface area contributed by atoms with E-state index in [-0.39, 0.29) is 22.9 Å². The molecule has 4 rings (SSSR count). The summed E-state index contributed by atoms with van der Waals surface area (Å²) in [5.74, 6) is -0.0376. The lowest BCUT2D eigenvalue weighted by atomic mass is 10.2. The molecule has 0 unspecified atom stereocenters. The smallest absolute Gasteiger partial charge is 0.343 e. The van der Waals surface area contributed by atoms with Crippen molar-refractivity contribution < 1.29 is 27.4 Å². The van der Waals surface area contributed by atoms with Crippen LogP contribution >= 0.6 is 0 Å². The number of fused-ring (bicyclic) bond motifs is 2. The van der Waals surface area contributed by atoms with Gasteiger partial charge in [-0.1, -0.05) is 12.1 Å². The predicted molar refractivity (Wildman–Crippen MR) is 115 cm³/mol. The van der Waals surface area contributed by atoms with Gasteiger partial charge in [0.1, 0.15) is 18.8 Å². The number of sulfonamides is 1. The Labute approximate surface area is 179 Å². The van der Waals surface area contributed by atoms with Gasteiger partial charge in [-0.25, -0.2) is 4.79 Å². The van der Waals surface area contributed by atoms with Gasteiger partial charge in [-0.2, -0.15) is 8.42 Å². The second-order valence-corrected chi connectivity index (χ2v) is 8.34. The van der Waals surface area contributed by atoms with Crippen molar-refractivity contribution in [2.75, 3.05) is 30.5 Å². The summed E-state index contributed by atoms with van der Waals surface area (Å²) >= 11 is 0. The number of para-hydroxylation sites is 2. The first-order valence-electron chi connectivity index (χ1n) is 9.65. The van der Waals surface area contributed by atoms with Crippen molar-refractivity contribution in [3.05, 3.63) is 53.7 Å². The molecule has 2 aromatic rings. The number of hydrogen-bond donors (Lipinski definition) is 2. The Hall–Kier alpha value is -3.53. The largest absolute Gasteiger partial charge is 0.486 e. The third kappa shape index (κ3) is 4.19. The molecule has 2 N–H and O–H groups in total. The Morgan fingerprint density at radius 1 is 1.06 bits per heavy atom. The third-order valence-corrected chi connectivity index (χ3v) is 5.89. The second kappa shape index (κ2) is 8.31. The number of carbonyl (C=O) groups excluding carboxylic acids is 1. The van der Waals surface area contributed by atoms with E-state index < -0.39 is 16.0 Å². The molecule has 0 fully saturated rings. The molecule has 2 heterocycles. The van der Waals surface area contributed by atoms with Crippen LogP contribution in [0.25, 0.3) is 0 Å². The maximum Gasteiger partial charge on any atom is 0.343 e. The van der Waals surface area contributed by atoms with Gasteiger partial charge in [0, 0.05) is 11.8 Å². The van der Waals surface area contributed by atoms with E-state index in [1.807, 2.05) is 6.07 Å². The molecule has 0 aliphatic carbocycles. The number of anilines is 2. The quantitative estimate of drug-likeness (QED) is 0.693. The van der Waals surface area contributed by atoms with Gasteiger partial charge in [-0.15, -0.1) is 4.40 Å². The molecular weight excluding hydrogens is 422 g/mol. The molecule has 2 aliphatic heterocycles. The SMILES string of the molecule is CCOC(=O)C1=C(C)Nc2ccccc2N/C1=N\S(=O)(=O)c1ccc2c(c1)OCCO2. The number of benzene rings is 2.